The summed E-state index contributed by atoms with van der Waals surface area (Å²) in [6, 6.07) is 18.1. The summed E-state index contributed by atoms with van der Waals surface area (Å²) in [6.07, 6.45) is 4.76. The van der Waals surface area contributed by atoms with E-state index in [2.05, 4.69) is 69.3 Å². The molecule has 0 aromatic heterocycles. The molecular weight excluding hydrogens is 240 g/mol. The Hall–Kier alpha value is -1.56. The van der Waals surface area contributed by atoms with Gasteiger partial charge in [0, 0.05) is 0 Å². The maximum atomic E-state index is 2.30. The summed E-state index contributed by atoms with van der Waals surface area (Å²) < 4.78 is 0. The van der Waals surface area contributed by atoms with Gasteiger partial charge in [0.1, 0.15) is 0 Å². The van der Waals surface area contributed by atoms with Crippen molar-refractivity contribution in [2.24, 2.45) is 5.92 Å². The first-order chi connectivity index (χ1) is 9.63. The normalized spacial score (nSPS) is 11.0. The third kappa shape index (κ3) is 4.85. The van der Waals surface area contributed by atoms with Crippen LogP contribution in [0.2, 0.25) is 0 Å². The van der Waals surface area contributed by atoms with E-state index < -0.39 is 0 Å². The minimum atomic E-state index is 0.738. The van der Waals surface area contributed by atoms with Gasteiger partial charge in [-0.25, -0.2) is 0 Å². The minimum absolute atomic E-state index is 0.738. The molecule has 0 aliphatic rings. The molecule has 0 nitrogen and oxygen atoms in total. The van der Waals surface area contributed by atoms with Crippen LogP contribution in [0.3, 0.4) is 0 Å². The van der Waals surface area contributed by atoms with Crippen molar-refractivity contribution in [3.63, 3.8) is 0 Å². The minimum Gasteiger partial charge on any atom is -0.0625 e. The first kappa shape index (κ1) is 14.8. The third-order valence-corrected chi connectivity index (χ3v) is 3.72. The molecular formula is C20H26. The lowest BCUT2D eigenvalue weighted by atomic mass is 9.99. The molecule has 0 N–H and O–H groups in total. The van der Waals surface area contributed by atoms with Crippen LogP contribution in [0.25, 0.3) is 0 Å². The van der Waals surface area contributed by atoms with Gasteiger partial charge in [-0.2, -0.15) is 0 Å². The molecule has 0 aliphatic heterocycles. The molecule has 0 unspecified atom stereocenters. The van der Waals surface area contributed by atoms with E-state index in [1.807, 2.05) is 0 Å². The van der Waals surface area contributed by atoms with Crippen molar-refractivity contribution in [3.05, 3.63) is 70.8 Å². The summed E-state index contributed by atoms with van der Waals surface area (Å²) in [5.41, 5.74) is 5.72. The zero-order valence-corrected chi connectivity index (χ0v) is 13.0. The van der Waals surface area contributed by atoms with Crippen molar-refractivity contribution < 1.29 is 0 Å². The van der Waals surface area contributed by atoms with Crippen LogP contribution in [0.1, 0.15) is 42.5 Å². The number of hydrogen-bond acceptors (Lipinski definition) is 0. The standard InChI is InChI=1S/C20H26/c1-16(2)15-20-13-11-19(12-14-20)6-4-5-18-9-7-17(3)8-10-18/h7-14,16H,4-6,15H2,1-3H3. The molecule has 2 aromatic carbocycles. The molecule has 2 aromatic rings. The largest absolute Gasteiger partial charge is 0.0625 e. The summed E-state index contributed by atoms with van der Waals surface area (Å²) >= 11 is 0. The molecule has 0 radical (unpaired) electrons. The lowest BCUT2D eigenvalue weighted by Gasteiger charge is -2.07. The first-order valence-corrected chi connectivity index (χ1v) is 7.77. The van der Waals surface area contributed by atoms with Gasteiger partial charge in [0.15, 0.2) is 0 Å². The summed E-state index contributed by atoms with van der Waals surface area (Å²) in [4.78, 5) is 0. The van der Waals surface area contributed by atoms with E-state index in [0.29, 0.717) is 0 Å². The van der Waals surface area contributed by atoms with Gasteiger partial charge in [0.2, 0.25) is 0 Å². The molecule has 20 heavy (non-hydrogen) atoms. The topological polar surface area (TPSA) is 0 Å². The SMILES string of the molecule is Cc1ccc(CCCc2ccc(CC(C)C)cc2)cc1. The second-order valence-corrected chi connectivity index (χ2v) is 6.25. The Morgan fingerprint density at radius 3 is 1.65 bits per heavy atom. The Morgan fingerprint density at radius 1 is 0.700 bits per heavy atom. The van der Waals surface area contributed by atoms with Gasteiger partial charge in [-0.15, -0.1) is 0 Å². The molecule has 0 spiro atoms. The van der Waals surface area contributed by atoms with Gasteiger partial charge in [-0.05, 0) is 55.2 Å². The second-order valence-electron chi connectivity index (χ2n) is 6.25. The van der Waals surface area contributed by atoms with E-state index in [4.69, 9.17) is 0 Å². The van der Waals surface area contributed by atoms with Crippen LogP contribution < -0.4 is 0 Å². The number of hydrogen-bond donors (Lipinski definition) is 0. The van der Waals surface area contributed by atoms with Gasteiger partial charge >= 0.3 is 0 Å². The molecule has 0 bridgehead atoms. The zero-order valence-electron chi connectivity index (χ0n) is 13.0. The highest BCUT2D eigenvalue weighted by Crippen LogP contribution is 2.13. The highest BCUT2D eigenvalue weighted by molar-refractivity contribution is 5.24. The zero-order chi connectivity index (χ0) is 14.4. The smallest absolute Gasteiger partial charge is 0.0256 e. The molecule has 0 fully saturated rings. The fraction of sp³-hybridized carbons (Fsp3) is 0.400. The van der Waals surface area contributed by atoms with Gasteiger partial charge in [0.05, 0.1) is 0 Å². The molecule has 0 heterocycles. The van der Waals surface area contributed by atoms with Crippen molar-refractivity contribution in [1.29, 1.82) is 0 Å². The Morgan fingerprint density at radius 2 is 1.15 bits per heavy atom. The number of rotatable bonds is 6. The molecule has 0 atom stereocenters. The van der Waals surface area contributed by atoms with Crippen molar-refractivity contribution in [2.75, 3.05) is 0 Å². The number of benzene rings is 2. The highest BCUT2D eigenvalue weighted by Gasteiger charge is 1.99. The maximum Gasteiger partial charge on any atom is -0.0256 e. The molecule has 0 saturated heterocycles. The fourth-order valence-electron chi connectivity index (χ4n) is 2.56. The van der Waals surface area contributed by atoms with Crippen molar-refractivity contribution >= 4 is 0 Å². The van der Waals surface area contributed by atoms with Crippen LogP contribution in [0.5, 0.6) is 0 Å². The van der Waals surface area contributed by atoms with Gasteiger partial charge in [0.25, 0.3) is 0 Å². The summed E-state index contributed by atoms with van der Waals surface area (Å²) in [6.45, 7) is 6.69. The lowest BCUT2D eigenvalue weighted by molar-refractivity contribution is 0.647. The Balaban J connectivity index is 1.80. The average Bonchev–Trinajstić information content (AvgIpc) is 2.42. The molecule has 0 heteroatoms. The van der Waals surface area contributed by atoms with Crippen LogP contribution in [0, 0.1) is 12.8 Å². The predicted molar refractivity (Wildman–Crippen MR) is 88.2 cm³/mol. The molecule has 106 valence electrons. The quantitative estimate of drug-likeness (QED) is 0.659. The number of aryl methyl sites for hydroxylation is 3. The second kappa shape index (κ2) is 7.28. The van der Waals surface area contributed by atoms with Crippen molar-refractivity contribution in [3.8, 4) is 0 Å². The van der Waals surface area contributed by atoms with Crippen molar-refractivity contribution in [1.82, 2.24) is 0 Å². The Labute approximate surface area is 123 Å². The lowest BCUT2D eigenvalue weighted by Crippen LogP contribution is -1.95. The molecule has 2 rings (SSSR count). The Bertz CT molecular complexity index is 503. The monoisotopic (exact) mass is 266 g/mol. The van der Waals surface area contributed by atoms with E-state index in [-0.39, 0.29) is 0 Å². The van der Waals surface area contributed by atoms with E-state index in [0.717, 1.165) is 5.92 Å². The fourth-order valence-corrected chi connectivity index (χ4v) is 2.56. The average molecular weight is 266 g/mol. The van der Waals surface area contributed by atoms with Gasteiger partial charge in [-0.3, -0.25) is 0 Å². The highest BCUT2D eigenvalue weighted by atomic mass is 14.0. The molecule has 0 aliphatic carbocycles. The summed E-state index contributed by atoms with van der Waals surface area (Å²) in [5, 5.41) is 0. The van der Waals surface area contributed by atoms with E-state index in [9.17, 15) is 0 Å². The molecule has 0 amide bonds. The third-order valence-electron chi connectivity index (χ3n) is 3.72. The maximum absolute atomic E-state index is 2.30. The van der Waals surface area contributed by atoms with Crippen LogP contribution in [0.4, 0.5) is 0 Å². The van der Waals surface area contributed by atoms with Gasteiger partial charge < -0.3 is 0 Å². The predicted octanol–water partition coefficient (Wildman–Crippen LogP) is 5.37. The van der Waals surface area contributed by atoms with Crippen molar-refractivity contribution in [2.45, 2.75) is 46.5 Å². The van der Waals surface area contributed by atoms with E-state index in [1.165, 1.54) is 47.9 Å². The van der Waals surface area contributed by atoms with Crippen LogP contribution >= 0.6 is 0 Å². The summed E-state index contributed by atoms with van der Waals surface area (Å²) in [5.74, 6) is 0.738. The first-order valence-electron chi connectivity index (χ1n) is 7.77. The van der Waals surface area contributed by atoms with Crippen LogP contribution in [-0.2, 0) is 19.3 Å². The van der Waals surface area contributed by atoms with E-state index in [1.54, 1.807) is 0 Å². The van der Waals surface area contributed by atoms with Crippen LogP contribution in [0.15, 0.2) is 48.5 Å². The van der Waals surface area contributed by atoms with Gasteiger partial charge in [-0.1, -0.05) is 67.9 Å². The molecule has 0 saturated carbocycles. The van der Waals surface area contributed by atoms with Crippen LogP contribution in [-0.4, -0.2) is 0 Å². The van der Waals surface area contributed by atoms with E-state index >= 15 is 0 Å². The summed E-state index contributed by atoms with van der Waals surface area (Å²) in [7, 11) is 0. The Kier molecular flexibility index (Phi) is 5.40.